The summed E-state index contributed by atoms with van der Waals surface area (Å²) >= 11 is 0. The molecule has 0 heterocycles. The zero-order valence-corrected chi connectivity index (χ0v) is 21.0. The van der Waals surface area contributed by atoms with Crippen molar-refractivity contribution >= 4 is 0 Å². The molecule has 4 rings (SSSR count). The summed E-state index contributed by atoms with van der Waals surface area (Å²) in [4.78, 5) is 0. The second-order valence-electron chi connectivity index (χ2n) is 12.8. The van der Waals surface area contributed by atoms with E-state index in [-0.39, 0.29) is 12.0 Å². The van der Waals surface area contributed by atoms with Crippen LogP contribution in [-0.2, 0) is 0 Å². The third kappa shape index (κ3) is 3.99. The van der Waals surface area contributed by atoms with Crippen LogP contribution in [0, 0.1) is 46.3 Å². The van der Waals surface area contributed by atoms with E-state index in [2.05, 4.69) is 45.9 Å². The Morgan fingerprint density at radius 3 is 2.52 bits per heavy atom. The molecule has 0 amide bonds. The predicted molar refractivity (Wildman–Crippen MR) is 130 cm³/mol. The minimum Gasteiger partial charge on any atom is -0.393 e. The van der Waals surface area contributed by atoms with Gasteiger partial charge in [0, 0.05) is 5.92 Å². The topological polar surface area (TPSA) is 40.5 Å². The Morgan fingerprint density at radius 1 is 1.10 bits per heavy atom. The van der Waals surface area contributed by atoms with Crippen LogP contribution in [0.3, 0.4) is 0 Å². The summed E-state index contributed by atoms with van der Waals surface area (Å²) in [7, 11) is 0. The molecule has 0 bridgehead atoms. The number of hydrogen-bond donors (Lipinski definition) is 2. The van der Waals surface area contributed by atoms with E-state index in [1.54, 1.807) is 5.57 Å². The van der Waals surface area contributed by atoms with Gasteiger partial charge >= 0.3 is 0 Å². The zero-order valence-electron chi connectivity index (χ0n) is 21.0. The van der Waals surface area contributed by atoms with Gasteiger partial charge < -0.3 is 10.2 Å². The Hall–Kier alpha value is -0.600. The van der Waals surface area contributed by atoms with Crippen molar-refractivity contribution in [3.8, 4) is 0 Å². The van der Waals surface area contributed by atoms with Crippen molar-refractivity contribution in [3.63, 3.8) is 0 Å². The van der Waals surface area contributed by atoms with Crippen LogP contribution >= 0.6 is 0 Å². The lowest BCUT2D eigenvalue weighted by Gasteiger charge is -2.58. The molecular weight excluding hydrogens is 380 g/mol. The summed E-state index contributed by atoms with van der Waals surface area (Å²) in [5.41, 5.74) is 1.74. The van der Waals surface area contributed by atoms with Crippen LogP contribution in [0.4, 0.5) is 0 Å². The summed E-state index contributed by atoms with van der Waals surface area (Å²) in [6, 6.07) is 0. The summed E-state index contributed by atoms with van der Waals surface area (Å²) < 4.78 is 0. The highest BCUT2D eigenvalue weighted by Gasteiger charge is 2.58. The first-order valence-electron chi connectivity index (χ1n) is 13.3. The molecule has 2 nitrogen and oxygen atoms in total. The number of allylic oxidation sites excluding steroid dienone is 2. The molecule has 0 spiro atoms. The average molecular weight is 429 g/mol. The second kappa shape index (κ2) is 8.32. The molecule has 0 unspecified atom stereocenters. The monoisotopic (exact) mass is 428 g/mol. The molecule has 0 aromatic heterocycles. The molecular formula is C29H48O2. The Bertz CT molecular complexity index is 715. The highest BCUT2D eigenvalue weighted by molar-refractivity contribution is 5.25. The number of aliphatic hydroxyl groups excluding tert-OH is 1. The van der Waals surface area contributed by atoms with Crippen LogP contribution in [0.25, 0.3) is 0 Å². The van der Waals surface area contributed by atoms with E-state index >= 15 is 0 Å². The summed E-state index contributed by atoms with van der Waals surface area (Å²) in [6.07, 6.45) is 18.0. The zero-order chi connectivity index (χ0) is 22.6. The molecule has 2 N–H and O–H groups in total. The first kappa shape index (κ1) is 23.6. The second-order valence-corrected chi connectivity index (χ2v) is 12.8. The van der Waals surface area contributed by atoms with Crippen molar-refractivity contribution < 1.29 is 10.2 Å². The highest BCUT2D eigenvalue weighted by atomic mass is 16.3. The van der Waals surface area contributed by atoms with Crippen LogP contribution in [0.2, 0.25) is 0 Å². The first-order valence-corrected chi connectivity index (χ1v) is 13.3. The van der Waals surface area contributed by atoms with Gasteiger partial charge in [-0.3, -0.25) is 0 Å². The maximum absolute atomic E-state index is 10.5. The molecule has 4 aliphatic rings. The lowest BCUT2D eigenvalue weighted by Crippen LogP contribution is -2.50. The van der Waals surface area contributed by atoms with Crippen LogP contribution in [0.5, 0.6) is 0 Å². The van der Waals surface area contributed by atoms with E-state index in [0.29, 0.717) is 16.7 Å². The third-order valence-electron chi connectivity index (χ3n) is 10.8. The minimum absolute atomic E-state index is 0.107. The molecule has 2 heteroatoms. The SMILES string of the molecule is CC[C@H](/C=C/[C@@H](C)[C@H]1CC[C@H]2[C@@H]3CC=C4C[C@@H](O)CC[C@]4(C)[C@H]3CC[C@]12C)C(C)(C)O. The molecule has 176 valence electrons. The summed E-state index contributed by atoms with van der Waals surface area (Å²) in [5, 5.41) is 20.7. The van der Waals surface area contributed by atoms with E-state index in [0.717, 1.165) is 42.9 Å². The van der Waals surface area contributed by atoms with Crippen molar-refractivity contribution in [2.24, 2.45) is 46.3 Å². The van der Waals surface area contributed by atoms with E-state index in [1.165, 1.54) is 38.5 Å². The highest BCUT2D eigenvalue weighted by Crippen LogP contribution is 2.67. The van der Waals surface area contributed by atoms with Crippen molar-refractivity contribution in [3.05, 3.63) is 23.8 Å². The Kier molecular flexibility index (Phi) is 6.32. The molecule has 0 aromatic carbocycles. The van der Waals surface area contributed by atoms with E-state index in [9.17, 15) is 10.2 Å². The number of rotatable bonds is 5. The van der Waals surface area contributed by atoms with Gasteiger partial charge in [0.1, 0.15) is 0 Å². The van der Waals surface area contributed by atoms with Crippen LogP contribution in [0.1, 0.15) is 99.3 Å². The largest absolute Gasteiger partial charge is 0.393 e. The van der Waals surface area contributed by atoms with Gasteiger partial charge in [-0.05, 0) is 112 Å². The van der Waals surface area contributed by atoms with Gasteiger partial charge in [0.2, 0.25) is 0 Å². The van der Waals surface area contributed by atoms with Crippen molar-refractivity contribution in [2.75, 3.05) is 0 Å². The molecule has 31 heavy (non-hydrogen) atoms. The van der Waals surface area contributed by atoms with Crippen LogP contribution in [-0.4, -0.2) is 21.9 Å². The fourth-order valence-electron chi connectivity index (χ4n) is 8.86. The first-order chi connectivity index (χ1) is 14.5. The van der Waals surface area contributed by atoms with Crippen molar-refractivity contribution in [1.29, 1.82) is 0 Å². The lowest BCUT2D eigenvalue weighted by atomic mass is 9.47. The van der Waals surface area contributed by atoms with Gasteiger partial charge in [-0.15, -0.1) is 0 Å². The van der Waals surface area contributed by atoms with Gasteiger partial charge in [0.15, 0.2) is 0 Å². The van der Waals surface area contributed by atoms with Crippen LogP contribution in [0.15, 0.2) is 23.8 Å². The molecule has 0 aliphatic heterocycles. The van der Waals surface area contributed by atoms with Gasteiger partial charge in [0.05, 0.1) is 11.7 Å². The molecule has 0 aromatic rings. The molecule has 0 radical (unpaired) electrons. The van der Waals surface area contributed by atoms with Gasteiger partial charge in [0.25, 0.3) is 0 Å². The molecule has 3 saturated carbocycles. The van der Waals surface area contributed by atoms with E-state index in [4.69, 9.17) is 0 Å². The standard InChI is InChI=1S/C29H48O2/c1-7-20(27(3,4)31)9-8-19(2)24-12-13-25-23-11-10-21-18-22(30)14-16-28(21,5)26(23)15-17-29(24,25)6/h8-10,19-20,22-26,30-31H,7,11-18H2,1-6H3/b9-8+/t19-,20-,22+,23+,24-,25+,26+,28+,29-/m1/s1. The Labute approximate surface area is 191 Å². The normalized spacial score (nSPS) is 44.9. The number of aliphatic hydroxyl groups is 2. The average Bonchev–Trinajstić information content (AvgIpc) is 3.05. The Morgan fingerprint density at radius 2 is 1.84 bits per heavy atom. The molecule has 3 fully saturated rings. The number of fused-ring (bicyclic) bond motifs is 5. The van der Waals surface area contributed by atoms with Gasteiger partial charge in [-0.25, -0.2) is 0 Å². The van der Waals surface area contributed by atoms with Gasteiger partial charge in [-0.1, -0.05) is 51.5 Å². The quantitative estimate of drug-likeness (QED) is 0.467. The van der Waals surface area contributed by atoms with Crippen molar-refractivity contribution in [2.45, 2.75) is 111 Å². The molecule has 0 saturated heterocycles. The predicted octanol–water partition coefficient (Wildman–Crippen LogP) is 6.92. The molecule has 9 atom stereocenters. The maximum atomic E-state index is 10.5. The smallest absolute Gasteiger partial charge is 0.0653 e. The fourth-order valence-corrected chi connectivity index (χ4v) is 8.86. The van der Waals surface area contributed by atoms with Crippen LogP contribution < -0.4 is 0 Å². The van der Waals surface area contributed by atoms with E-state index in [1.807, 2.05) is 13.8 Å². The maximum Gasteiger partial charge on any atom is 0.0653 e. The number of hydrogen-bond acceptors (Lipinski definition) is 2. The lowest BCUT2D eigenvalue weighted by molar-refractivity contribution is -0.0541. The minimum atomic E-state index is -0.639. The third-order valence-corrected chi connectivity index (χ3v) is 10.8. The molecule has 4 aliphatic carbocycles. The summed E-state index contributed by atoms with van der Waals surface area (Å²) in [5.74, 6) is 4.09. The summed E-state index contributed by atoms with van der Waals surface area (Å²) in [6.45, 7) is 13.7. The van der Waals surface area contributed by atoms with Crippen molar-refractivity contribution in [1.82, 2.24) is 0 Å². The van der Waals surface area contributed by atoms with Gasteiger partial charge in [-0.2, -0.15) is 0 Å². The van der Waals surface area contributed by atoms with E-state index < -0.39 is 5.60 Å². The fraction of sp³-hybridized carbons (Fsp3) is 0.862. The Balaban J connectivity index is 1.52.